The number of aldehydes is 1. The summed E-state index contributed by atoms with van der Waals surface area (Å²) in [5.74, 6) is 0. The Morgan fingerprint density at radius 1 is 1.35 bits per heavy atom. The van der Waals surface area contributed by atoms with E-state index in [1.165, 1.54) is 5.56 Å². The van der Waals surface area contributed by atoms with Gasteiger partial charge < -0.3 is 4.57 Å². The van der Waals surface area contributed by atoms with Gasteiger partial charge in [-0.05, 0) is 35.7 Å². The molecule has 2 unspecified atom stereocenters. The van der Waals surface area contributed by atoms with Crippen LogP contribution >= 0.6 is 0 Å². The highest BCUT2D eigenvalue weighted by Gasteiger charge is 2.19. The van der Waals surface area contributed by atoms with E-state index in [0.717, 1.165) is 36.0 Å². The van der Waals surface area contributed by atoms with Crippen LogP contribution in [0.1, 0.15) is 34.5 Å². The van der Waals surface area contributed by atoms with Crippen LogP contribution in [0.3, 0.4) is 0 Å². The highest BCUT2D eigenvalue weighted by molar-refractivity contribution is 7.84. The summed E-state index contributed by atoms with van der Waals surface area (Å²) in [6, 6.07) is 10.6. The van der Waals surface area contributed by atoms with Crippen LogP contribution in [0.4, 0.5) is 0 Å². The van der Waals surface area contributed by atoms with Gasteiger partial charge in [0.15, 0.2) is 6.29 Å². The second-order valence-electron chi connectivity index (χ2n) is 5.79. The van der Waals surface area contributed by atoms with Crippen molar-refractivity contribution in [1.29, 1.82) is 4.78 Å². The van der Waals surface area contributed by atoms with E-state index in [1.54, 1.807) is 4.57 Å². The Balaban J connectivity index is 1.67. The van der Waals surface area contributed by atoms with Gasteiger partial charge >= 0.3 is 0 Å². The molecule has 0 aliphatic carbocycles. The van der Waals surface area contributed by atoms with Crippen LogP contribution in [0.2, 0.25) is 0 Å². The number of rotatable bonds is 5. The molecule has 1 aliphatic heterocycles. The lowest BCUT2D eigenvalue weighted by Gasteiger charge is -2.14. The van der Waals surface area contributed by atoms with Gasteiger partial charge in [-0.2, -0.15) is 0 Å². The summed E-state index contributed by atoms with van der Waals surface area (Å²) >= 11 is 0. The first-order chi connectivity index (χ1) is 11.2. The lowest BCUT2D eigenvalue weighted by atomic mass is 10.0. The molecular formula is C18H21N3OS. The average molecular weight is 327 g/mol. The minimum atomic E-state index is -0.794. The molecule has 0 bridgehead atoms. The van der Waals surface area contributed by atoms with Crippen molar-refractivity contribution in [2.24, 2.45) is 7.05 Å². The van der Waals surface area contributed by atoms with Gasteiger partial charge in [0.25, 0.3) is 0 Å². The molecule has 2 heterocycles. The molecule has 2 aromatic rings. The molecule has 2 atom stereocenters. The summed E-state index contributed by atoms with van der Waals surface area (Å²) in [6.07, 6.45) is 9.96. The molecule has 0 fully saturated rings. The number of hydrogen-bond donors (Lipinski definition) is 2. The summed E-state index contributed by atoms with van der Waals surface area (Å²) in [4.78, 5) is 12.2. The van der Waals surface area contributed by atoms with Crippen LogP contribution in [-0.2, 0) is 24.3 Å². The number of hydrogen-bond acceptors (Lipinski definition) is 2. The van der Waals surface area contributed by atoms with E-state index in [2.05, 4.69) is 35.1 Å². The summed E-state index contributed by atoms with van der Waals surface area (Å²) in [5, 5.41) is 0. The van der Waals surface area contributed by atoms with Crippen molar-refractivity contribution in [3.8, 4) is 0 Å². The number of carbonyl (C=O) groups excluding carboxylic acids is 1. The van der Waals surface area contributed by atoms with Crippen molar-refractivity contribution in [1.82, 2.24) is 9.29 Å². The van der Waals surface area contributed by atoms with Gasteiger partial charge in [0.05, 0.1) is 10.6 Å². The van der Waals surface area contributed by atoms with Crippen molar-refractivity contribution in [3.63, 3.8) is 0 Å². The van der Waals surface area contributed by atoms with Crippen LogP contribution in [0.5, 0.6) is 0 Å². The van der Waals surface area contributed by atoms with Gasteiger partial charge in [-0.15, -0.1) is 0 Å². The molecule has 0 saturated heterocycles. The van der Waals surface area contributed by atoms with Gasteiger partial charge in [0, 0.05) is 24.8 Å². The van der Waals surface area contributed by atoms with Crippen LogP contribution in [0.15, 0.2) is 47.5 Å². The molecule has 1 aromatic carbocycles. The fourth-order valence-corrected chi connectivity index (χ4v) is 4.18. The van der Waals surface area contributed by atoms with E-state index >= 15 is 0 Å². The molecule has 1 aromatic heterocycles. The lowest BCUT2D eigenvalue weighted by Crippen LogP contribution is -2.27. The standard InChI is InChI=1S/C18H21N3OS/c1-21-12-18-16(17(21)13-22)11-10-15(20-23(18)19)9-5-8-14-6-3-2-4-7-14/h2-4,6-7,10-13,15H,5,8-9H2,1H3,(H2,19,20). The number of nitrogens with zero attached hydrogens (tertiary/aromatic N) is 1. The normalized spacial score (nSPS) is 20.0. The average Bonchev–Trinajstić information content (AvgIpc) is 2.81. The Bertz CT molecular complexity index is 749. The SMILES string of the molecule is Cn1cc2c(c1C=O)C=CC(CCCc1ccccc1)NS2=N. The first-order valence-electron chi connectivity index (χ1n) is 7.77. The Morgan fingerprint density at radius 3 is 2.87 bits per heavy atom. The molecule has 0 radical (unpaired) electrons. The molecule has 0 saturated carbocycles. The third-order valence-corrected chi connectivity index (χ3v) is 5.46. The Hall–Kier alpha value is -1.98. The van der Waals surface area contributed by atoms with E-state index in [4.69, 9.17) is 4.78 Å². The smallest absolute Gasteiger partial charge is 0.167 e. The molecule has 23 heavy (non-hydrogen) atoms. The van der Waals surface area contributed by atoms with Crippen LogP contribution in [0.25, 0.3) is 6.08 Å². The highest BCUT2D eigenvalue weighted by Crippen LogP contribution is 2.24. The van der Waals surface area contributed by atoms with E-state index in [0.29, 0.717) is 5.69 Å². The molecule has 5 heteroatoms. The summed E-state index contributed by atoms with van der Waals surface area (Å²) in [5.41, 5.74) is 2.88. The number of aryl methyl sites for hydroxylation is 2. The van der Waals surface area contributed by atoms with Gasteiger partial charge in [0.2, 0.25) is 0 Å². The van der Waals surface area contributed by atoms with Crippen LogP contribution in [-0.4, -0.2) is 16.9 Å². The second-order valence-corrected chi connectivity index (χ2v) is 7.08. The zero-order chi connectivity index (χ0) is 16.2. The summed E-state index contributed by atoms with van der Waals surface area (Å²) in [6.45, 7) is 0. The maximum Gasteiger partial charge on any atom is 0.167 e. The molecule has 0 spiro atoms. The largest absolute Gasteiger partial charge is 0.347 e. The van der Waals surface area contributed by atoms with Gasteiger partial charge in [-0.25, -0.2) is 4.72 Å². The second kappa shape index (κ2) is 7.06. The fourth-order valence-electron chi connectivity index (χ4n) is 2.90. The quantitative estimate of drug-likeness (QED) is 0.826. The van der Waals surface area contributed by atoms with Crippen molar-refractivity contribution >= 4 is 23.2 Å². The predicted molar refractivity (Wildman–Crippen MR) is 94.5 cm³/mol. The number of benzene rings is 1. The maximum atomic E-state index is 11.3. The number of fused-ring (bicyclic) bond motifs is 1. The van der Waals surface area contributed by atoms with Gasteiger partial charge in [-0.3, -0.25) is 9.57 Å². The Morgan fingerprint density at radius 2 is 2.13 bits per heavy atom. The summed E-state index contributed by atoms with van der Waals surface area (Å²) < 4.78 is 13.5. The molecule has 2 N–H and O–H groups in total. The third-order valence-electron chi connectivity index (χ3n) is 4.15. The molecule has 0 amide bonds. The maximum absolute atomic E-state index is 11.3. The Labute approximate surface area is 139 Å². The first-order valence-corrected chi connectivity index (χ1v) is 9.00. The van der Waals surface area contributed by atoms with Gasteiger partial charge in [-0.1, -0.05) is 42.5 Å². The van der Waals surface area contributed by atoms with Gasteiger partial charge in [0.1, 0.15) is 0 Å². The van der Waals surface area contributed by atoms with Crippen molar-refractivity contribution in [2.75, 3.05) is 0 Å². The summed E-state index contributed by atoms with van der Waals surface area (Å²) in [7, 11) is 1.05. The minimum Gasteiger partial charge on any atom is -0.347 e. The lowest BCUT2D eigenvalue weighted by molar-refractivity contribution is 0.111. The zero-order valence-electron chi connectivity index (χ0n) is 13.2. The number of carbonyl (C=O) groups is 1. The molecule has 120 valence electrons. The van der Waals surface area contributed by atoms with E-state index in [-0.39, 0.29) is 6.04 Å². The zero-order valence-corrected chi connectivity index (χ0v) is 14.0. The van der Waals surface area contributed by atoms with Crippen molar-refractivity contribution in [3.05, 3.63) is 59.4 Å². The molecular weight excluding hydrogens is 306 g/mol. The highest BCUT2D eigenvalue weighted by atomic mass is 32.2. The van der Waals surface area contributed by atoms with Crippen LogP contribution < -0.4 is 4.72 Å². The number of nitrogens with one attached hydrogen (secondary N) is 2. The third kappa shape index (κ3) is 3.51. The van der Waals surface area contributed by atoms with E-state index in [1.807, 2.05) is 25.4 Å². The first kappa shape index (κ1) is 15.9. The van der Waals surface area contributed by atoms with E-state index < -0.39 is 10.9 Å². The van der Waals surface area contributed by atoms with Crippen molar-refractivity contribution in [2.45, 2.75) is 30.2 Å². The Kier molecular flexibility index (Phi) is 4.88. The molecule has 3 rings (SSSR count). The fraction of sp³-hybridized carbons (Fsp3) is 0.278. The van der Waals surface area contributed by atoms with E-state index in [9.17, 15) is 4.79 Å². The topological polar surface area (TPSA) is 57.9 Å². The molecule has 4 nitrogen and oxygen atoms in total. The van der Waals surface area contributed by atoms with Crippen LogP contribution in [0, 0.1) is 4.78 Å². The minimum absolute atomic E-state index is 0.178. The number of aromatic nitrogens is 1. The van der Waals surface area contributed by atoms with Crippen molar-refractivity contribution < 1.29 is 4.79 Å². The monoisotopic (exact) mass is 327 g/mol. The molecule has 1 aliphatic rings. The predicted octanol–water partition coefficient (Wildman–Crippen LogP) is 3.50.